The third-order valence-electron chi connectivity index (χ3n) is 5.26. The Balaban J connectivity index is 1.50. The largest absolute Gasteiger partial charge is 0.399 e. The fourth-order valence-electron chi connectivity index (χ4n) is 3.57. The maximum Gasteiger partial charge on any atom is 0.224 e. The summed E-state index contributed by atoms with van der Waals surface area (Å²) in [6.45, 7) is 3.20. The van der Waals surface area contributed by atoms with Gasteiger partial charge in [0.1, 0.15) is 0 Å². The zero-order valence-corrected chi connectivity index (χ0v) is 15.7. The number of nitrogens with one attached hydrogen (secondary N) is 1. The van der Waals surface area contributed by atoms with E-state index >= 15 is 0 Å². The van der Waals surface area contributed by atoms with Crippen molar-refractivity contribution in [1.82, 2.24) is 4.90 Å². The van der Waals surface area contributed by atoms with E-state index in [0.717, 1.165) is 49.4 Å². The molecular weight excluding hydrogens is 338 g/mol. The van der Waals surface area contributed by atoms with Crippen LogP contribution in [-0.2, 0) is 17.8 Å². The quantitative estimate of drug-likeness (QED) is 0.657. The predicted molar refractivity (Wildman–Crippen MR) is 109 cm³/mol. The van der Waals surface area contributed by atoms with E-state index in [1.54, 1.807) is 0 Å². The molecule has 0 bridgehead atoms. The van der Waals surface area contributed by atoms with Crippen molar-refractivity contribution in [3.8, 4) is 0 Å². The van der Waals surface area contributed by atoms with Gasteiger partial charge in [-0.25, -0.2) is 0 Å². The number of carbonyl (C=O) groups is 1. The van der Waals surface area contributed by atoms with Gasteiger partial charge in [0, 0.05) is 30.9 Å². The Kier molecular flexibility index (Phi) is 6.85. The molecule has 2 aromatic rings. The predicted octanol–water partition coefficient (Wildman–Crippen LogP) is 3.04. The van der Waals surface area contributed by atoms with Crippen LogP contribution >= 0.6 is 0 Å². The number of para-hydroxylation sites is 1. The second-order valence-corrected chi connectivity index (χ2v) is 7.35. The van der Waals surface area contributed by atoms with E-state index in [0.29, 0.717) is 25.4 Å². The first-order valence-corrected chi connectivity index (χ1v) is 9.69. The minimum absolute atomic E-state index is 0.000775. The summed E-state index contributed by atoms with van der Waals surface area (Å²) in [5, 5.41) is 12.2. The molecule has 1 saturated heterocycles. The first-order chi connectivity index (χ1) is 13.1. The lowest BCUT2D eigenvalue weighted by atomic mass is 9.97. The van der Waals surface area contributed by atoms with Gasteiger partial charge in [0.2, 0.25) is 5.91 Å². The summed E-state index contributed by atoms with van der Waals surface area (Å²) in [5.41, 5.74) is 9.71. The number of likely N-dealkylation sites (tertiary alicyclic amines) is 1. The zero-order chi connectivity index (χ0) is 19.1. The van der Waals surface area contributed by atoms with Gasteiger partial charge in [0.25, 0.3) is 0 Å². The van der Waals surface area contributed by atoms with Gasteiger partial charge < -0.3 is 16.2 Å². The van der Waals surface area contributed by atoms with Gasteiger partial charge in [-0.05, 0) is 67.6 Å². The lowest BCUT2D eigenvalue weighted by molar-refractivity contribution is -0.116. The summed E-state index contributed by atoms with van der Waals surface area (Å²) in [4.78, 5) is 14.7. The third-order valence-corrected chi connectivity index (χ3v) is 5.26. The Bertz CT molecular complexity index is 755. The number of nitrogens with zero attached hydrogens (tertiary/aromatic N) is 1. The summed E-state index contributed by atoms with van der Waals surface area (Å²) in [6.07, 6.45) is 3.15. The maximum atomic E-state index is 12.3. The molecule has 0 unspecified atom stereocenters. The highest BCUT2D eigenvalue weighted by atomic mass is 16.3. The number of carbonyl (C=O) groups excluding carboxylic acids is 1. The maximum absolute atomic E-state index is 12.3. The first kappa shape index (κ1) is 19.4. The number of aryl methyl sites for hydroxylation is 1. The van der Waals surface area contributed by atoms with Crippen molar-refractivity contribution >= 4 is 17.3 Å². The van der Waals surface area contributed by atoms with Crippen LogP contribution in [0.2, 0.25) is 0 Å². The molecule has 0 radical (unpaired) electrons. The second-order valence-electron chi connectivity index (χ2n) is 7.35. The van der Waals surface area contributed by atoms with Crippen molar-refractivity contribution in [1.29, 1.82) is 0 Å². The van der Waals surface area contributed by atoms with Gasteiger partial charge in [-0.15, -0.1) is 0 Å². The highest BCUT2D eigenvalue weighted by Crippen LogP contribution is 2.20. The molecule has 2 aromatic carbocycles. The number of nitrogen functional groups attached to an aromatic ring is 1. The lowest BCUT2D eigenvalue weighted by Crippen LogP contribution is -2.34. The summed E-state index contributed by atoms with van der Waals surface area (Å²) >= 11 is 0. The second kappa shape index (κ2) is 9.53. The van der Waals surface area contributed by atoms with Crippen molar-refractivity contribution in [2.24, 2.45) is 5.92 Å². The molecule has 5 nitrogen and oxygen atoms in total. The summed E-state index contributed by atoms with van der Waals surface area (Å²) < 4.78 is 0. The van der Waals surface area contributed by atoms with Crippen molar-refractivity contribution < 1.29 is 9.90 Å². The highest BCUT2D eigenvalue weighted by molar-refractivity contribution is 5.91. The molecule has 1 aliphatic heterocycles. The Morgan fingerprint density at radius 1 is 1.15 bits per heavy atom. The number of rotatable bonds is 7. The molecule has 0 atom stereocenters. The Labute approximate surface area is 161 Å². The monoisotopic (exact) mass is 367 g/mol. The van der Waals surface area contributed by atoms with Crippen LogP contribution in [0, 0.1) is 5.92 Å². The van der Waals surface area contributed by atoms with Crippen LogP contribution in [0.15, 0.2) is 48.5 Å². The number of amides is 1. The molecule has 1 heterocycles. The number of piperidine rings is 1. The van der Waals surface area contributed by atoms with E-state index in [2.05, 4.69) is 16.3 Å². The molecular formula is C22H29N3O2. The molecule has 27 heavy (non-hydrogen) atoms. The van der Waals surface area contributed by atoms with Gasteiger partial charge in [-0.1, -0.05) is 30.3 Å². The van der Waals surface area contributed by atoms with Crippen LogP contribution < -0.4 is 11.1 Å². The van der Waals surface area contributed by atoms with Gasteiger partial charge in [-0.2, -0.15) is 0 Å². The topological polar surface area (TPSA) is 78.6 Å². The van der Waals surface area contributed by atoms with Gasteiger partial charge in [0.05, 0.1) is 0 Å². The highest BCUT2D eigenvalue weighted by Gasteiger charge is 2.18. The molecule has 0 spiro atoms. The van der Waals surface area contributed by atoms with Gasteiger partial charge >= 0.3 is 0 Å². The number of nitrogens with two attached hydrogens (primary N) is 1. The van der Waals surface area contributed by atoms with E-state index in [9.17, 15) is 9.90 Å². The van der Waals surface area contributed by atoms with E-state index in [4.69, 9.17) is 5.73 Å². The first-order valence-electron chi connectivity index (χ1n) is 9.69. The SMILES string of the molecule is Nc1ccccc1CCC(=O)Nc1cccc(CN2CCC(CO)CC2)c1. The van der Waals surface area contributed by atoms with Crippen molar-refractivity contribution in [2.45, 2.75) is 32.2 Å². The Morgan fingerprint density at radius 3 is 2.67 bits per heavy atom. The van der Waals surface area contributed by atoms with Crippen LogP contribution in [0.1, 0.15) is 30.4 Å². The molecule has 1 amide bonds. The molecule has 3 rings (SSSR count). The van der Waals surface area contributed by atoms with Crippen LogP contribution in [0.3, 0.4) is 0 Å². The molecule has 4 N–H and O–H groups in total. The molecule has 0 saturated carbocycles. The van der Waals surface area contributed by atoms with E-state index in [1.807, 2.05) is 42.5 Å². The summed E-state index contributed by atoms with van der Waals surface area (Å²) in [5.74, 6) is 0.449. The fourth-order valence-corrected chi connectivity index (χ4v) is 3.57. The van der Waals surface area contributed by atoms with Crippen LogP contribution in [0.5, 0.6) is 0 Å². The van der Waals surface area contributed by atoms with Gasteiger partial charge in [0.15, 0.2) is 0 Å². The molecule has 5 heteroatoms. The van der Waals surface area contributed by atoms with Crippen molar-refractivity contribution in [3.05, 3.63) is 59.7 Å². The van der Waals surface area contributed by atoms with E-state index in [1.165, 1.54) is 5.56 Å². The number of aliphatic hydroxyl groups excluding tert-OH is 1. The smallest absolute Gasteiger partial charge is 0.224 e. The van der Waals surface area contributed by atoms with Crippen LogP contribution in [0.4, 0.5) is 11.4 Å². The number of aliphatic hydroxyl groups is 1. The molecule has 1 fully saturated rings. The average molecular weight is 367 g/mol. The average Bonchev–Trinajstić information content (AvgIpc) is 2.68. The van der Waals surface area contributed by atoms with E-state index < -0.39 is 0 Å². The van der Waals surface area contributed by atoms with Crippen LogP contribution in [0.25, 0.3) is 0 Å². The Morgan fingerprint density at radius 2 is 1.93 bits per heavy atom. The molecule has 144 valence electrons. The molecule has 1 aliphatic rings. The zero-order valence-electron chi connectivity index (χ0n) is 15.7. The van der Waals surface area contributed by atoms with Gasteiger partial charge in [-0.3, -0.25) is 9.69 Å². The minimum Gasteiger partial charge on any atom is -0.399 e. The minimum atomic E-state index is -0.000775. The Hall–Kier alpha value is -2.37. The number of hydrogen-bond acceptors (Lipinski definition) is 4. The summed E-state index contributed by atoms with van der Waals surface area (Å²) in [6, 6.07) is 15.7. The summed E-state index contributed by atoms with van der Waals surface area (Å²) in [7, 11) is 0. The number of benzene rings is 2. The lowest BCUT2D eigenvalue weighted by Gasteiger charge is -2.31. The molecule has 0 aromatic heterocycles. The normalized spacial score (nSPS) is 15.6. The standard InChI is InChI=1S/C22H29N3O2/c23-21-7-2-1-5-19(21)8-9-22(27)24-20-6-3-4-18(14-20)15-25-12-10-17(16-26)11-13-25/h1-7,14,17,26H,8-13,15-16,23H2,(H,24,27). The van der Waals surface area contributed by atoms with E-state index in [-0.39, 0.29) is 5.91 Å². The third kappa shape index (κ3) is 5.81. The fraction of sp³-hybridized carbons (Fsp3) is 0.409. The number of anilines is 2. The van der Waals surface area contributed by atoms with Crippen molar-refractivity contribution in [3.63, 3.8) is 0 Å². The van der Waals surface area contributed by atoms with Crippen molar-refractivity contribution in [2.75, 3.05) is 30.7 Å². The molecule has 0 aliphatic carbocycles. The number of hydrogen-bond donors (Lipinski definition) is 3. The van der Waals surface area contributed by atoms with Crippen LogP contribution in [-0.4, -0.2) is 35.6 Å².